The molecule has 58 valence electrons. The SMILES string of the molecule is PC1NCCc2ccccc21. The van der Waals surface area contributed by atoms with Gasteiger partial charge in [0.1, 0.15) is 0 Å². The average Bonchev–Trinajstić information content (AvgIpc) is 2.06. The molecule has 11 heavy (non-hydrogen) atoms. The van der Waals surface area contributed by atoms with E-state index in [2.05, 4.69) is 38.8 Å². The highest BCUT2D eigenvalue weighted by Crippen LogP contribution is 2.26. The van der Waals surface area contributed by atoms with Crippen LogP contribution in [0.3, 0.4) is 0 Å². The highest BCUT2D eigenvalue weighted by Gasteiger charge is 2.13. The summed E-state index contributed by atoms with van der Waals surface area (Å²) >= 11 is 0. The molecule has 0 radical (unpaired) electrons. The number of hydrogen-bond acceptors (Lipinski definition) is 1. The Morgan fingerprint density at radius 1 is 1.36 bits per heavy atom. The third kappa shape index (κ3) is 1.31. The molecule has 1 aromatic carbocycles. The molecule has 2 atom stereocenters. The summed E-state index contributed by atoms with van der Waals surface area (Å²) in [5.74, 6) is 0.458. The molecule has 2 rings (SSSR count). The Labute approximate surface area is 69.4 Å². The molecule has 0 saturated heterocycles. The molecule has 1 aromatic rings. The summed E-state index contributed by atoms with van der Waals surface area (Å²) in [7, 11) is 2.82. The van der Waals surface area contributed by atoms with Gasteiger partial charge in [-0.15, -0.1) is 9.24 Å². The first kappa shape index (κ1) is 7.27. The second kappa shape index (κ2) is 2.92. The van der Waals surface area contributed by atoms with Gasteiger partial charge in [-0.2, -0.15) is 0 Å². The van der Waals surface area contributed by atoms with Crippen molar-refractivity contribution < 1.29 is 0 Å². The van der Waals surface area contributed by atoms with Crippen molar-refractivity contribution in [2.75, 3.05) is 6.54 Å². The molecule has 1 heterocycles. The van der Waals surface area contributed by atoms with Gasteiger partial charge < -0.3 is 5.32 Å². The van der Waals surface area contributed by atoms with Crippen LogP contribution >= 0.6 is 9.24 Å². The van der Waals surface area contributed by atoms with Gasteiger partial charge in [-0.3, -0.25) is 0 Å². The van der Waals surface area contributed by atoms with Crippen LogP contribution in [0.15, 0.2) is 24.3 Å². The van der Waals surface area contributed by atoms with Crippen LogP contribution in [0.4, 0.5) is 0 Å². The van der Waals surface area contributed by atoms with E-state index in [1.165, 1.54) is 17.5 Å². The fourth-order valence-corrected chi connectivity index (χ4v) is 2.03. The predicted octanol–water partition coefficient (Wildman–Crippen LogP) is 1.71. The van der Waals surface area contributed by atoms with Crippen molar-refractivity contribution in [2.45, 2.75) is 12.2 Å². The lowest BCUT2D eigenvalue weighted by atomic mass is 10.0. The summed E-state index contributed by atoms with van der Waals surface area (Å²) in [6.45, 7) is 1.10. The van der Waals surface area contributed by atoms with Crippen LogP contribution in [-0.4, -0.2) is 6.54 Å². The summed E-state index contributed by atoms with van der Waals surface area (Å²) in [5.41, 5.74) is 2.93. The summed E-state index contributed by atoms with van der Waals surface area (Å²) < 4.78 is 0. The van der Waals surface area contributed by atoms with Gasteiger partial charge in [0, 0.05) is 12.3 Å². The van der Waals surface area contributed by atoms with Crippen LogP contribution in [0.1, 0.15) is 16.9 Å². The van der Waals surface area contributed by atoms with Crippen LogP contribution in [0.2, 0.25) is 0 Å². The van der Waals surface area contributed by atoms with Gasteiger partial charge >= 0.3 is 0 Å². The minimum Gasteiger partial charge on any atom is -0.306 e. The Kier molecular flexibility index (Phi) is 1.93. The molecule has 0 bridgehead atoms. The van der Waals surface area contributed by atoms with E-state index in [0.29, 0.717) is 5.78 Å². The van der Waals surface area contributed by atoms with Gasteiger partial charge in [0.15, 0.2) is 0 Å². The van der Waals surface area contributed by atoms with Crippen molar-refractivity contribution in [1.29, 1.82) is 0 Å². The van der Waals surface area contributed by atoms with Gasteiger partial charge in [-0.25, -0.2) is 0 Å². The maximum absolute atomic E-state index is 3.40. The summed E-state index contributed by atoms with van der Waals surface area (Å²) in [6, 6.07) is 8.62. The van der Waals surface area contributed by atoms with Gasteiger partial charge in [0.05, 0.1) is 0 Å². The lowest BCUT2D eigenvalue weighted by molar-refractivity contribution is 0.630. The standard InChI is InChI=1S/C9H12NP/c11-9-8-4-2-1-3-7(8)5-6-10-9/h1-4,9-10H,5-6,11H2. The Morgan fingerprint density at radius 3 is 3.00 bits per heavy atom. The summed E-state index contributed by atoms with van der Waals surface area (Å²) in [6.07, 6.45) is 1.17. The highest BCUT2D eigenvalue weighted by atomic mass is 31.0. The van der Waals surface area contributed by atoms with E-state index < -0.39 is 0 Å². The minimum atomic E-state index is 0.458. The lowest BCUT2D eigenvalue weighted by Crippen LogP contribution is -2.25. The molecule has 0 fully saturated rings. The second-order valence-electron chi connectivity index (χ2n) is 2.88. The van der Waals surface area contributed by atoms with E-state index >= 15 is 0 Å². The summed E-state index contributed by atoms with van der Waals surface area (Å²) in [4.78, 5) is 0. The van der Waals surface area contributed by atoms with Crippen LogP contribution in [0.25, 0.3) is 0 Å². The third-order valence-corrected chi connectivity index (χ3v) is 2.74. The van der Waals surface area contributed by atoms with Crippen molar-refractivity contribution in [1.82, 2.24) is 5.32 Å². The van der Waals surface area contributed by atoms with E-state index in [1.54, 1.807) is 0 Å². The highest BCUT2D eigenvalue weighted by molar-refractivity contribution is 7.17. The molecule has 0 amide bonds. The van der Waals surface area contributed by atoms with E-state index in [1.807, 2.05) is 0 Å². The maximum atomic E-state index is 3.40. The minimum absolute atomic E-state index is 0.458. The van der Waals surface area contributed by atoms with E-state index in [0.717, 1.165) is 6.54 Å². The molecule has 0 aliphatic carbocycles. The first-order valence-electron chi connectivity index (χ1n) is 3.95. The van der Waals surface area contributed by atoms with Crippen molar-refractivity contribution in [3.63, 3.8) is 0 Å². The molecular weight excluding hydrogens is 153 g/mol. The molecule has 1 nitrogen and oxygen atoms in total. The largest absolute Gasteiger partial charge is 0.306 e. The monoisotopic (exact) mass is 165 g/mol. The van der Waals surface area contributed by atoms with E-state index in [4.69, 9.17) is 0 Å². The number of fused-ring (bicyclic) bond motifs is 1. The van der Waals surface area contributed by atoms with E-state index in [9.17, 15) is 0 Å². The van der Waals surface area contributed by atoms with Crippen LogP contribution in [0, 0.1) is 0 Å². The zero-order valence-electron chi connectivity index (χ0n) is 6.38. The Morgan fingerprint density at radius 2 is 2.18 bits per heavy atom. The van der Waals surface area contributed by atoms with Crippen molar-refractivity contribution in [3.8, 4) is 0 Å². The van der Waals surface area contributed by atoms with Crippen molar-refractivity contribution in [3.05, 3.63) is 35.4 Å². The fourth-order valence-electron chi connectivity index (χ4n) is 1.54. The fraction of sp³-hybridized carbons (Fsp3) is 0.333. The lowest BCUT2D eigenvalue weighted by Gasteiger charge is -2.23. The quantitative estimate of drug-likeness (QED) is 0.577. The smallest absolute Gasteiger partial charge is 0.0466 e. The Balaban J connectivity index is 2.44. The maximum Gasteiger partial charge on any atom is 0.0466 e. The molecule has 0 spiro atoms. The molecule has 0 saturated carbocycles. The number of benzene rings is 1. The first-order valence-corrected chi connectivity index (χ1v) is 4.61. The number of nitrogens with one attached hydrogen (secondary N) is 1. The molecule has 2 unspecified atom stereocenters. The molecule has 1 N–H and O–H groups in total. The Hall–Kier alpha value is -0.390. The van der Waals surface area contributed by atoms with Gasteiger partial charge in [0.2, 0.25) is 0 Å². The van der Waals surface area contributed by atoms with Crippen molar-refractivity contribution in [2.24, 2.45) is 0 Å². The zero-order valence-corrected chi connectivity index (χ0v) is 7.53. The molecule has 0 aromatic heterocycles. The van der Waals surface area contributed by atoms with Crippen LogP contribution < -0.4 is 5.32 Å². The Bertz CT molecular complexity index is 259. The van der Waals surface area contributed by atoms with E-state index in [-0.39, 0.29) is 0 Å². The molecule has 1 aliphatic rings. The number of hydrogen-bond donors (Lipinski definition) is 1. The van der Waals surface area contributed by atoms with Gasteiger partial charge in [-0.1, -0.05) is 24.3 Å². The second-order valence-corrected chi connectivity index (χ2v) is 3.55. The van der Waals surface area contributed by atoms with Crippen LogP contribution in [0.5, 0.6) is 0 Å². The van der Waals surface area contributed by atoms with Gasteiger partial charge in [0.25, 0.3) is 0 Å². The van der Waals surface area contributed by atoms with Gasteiger partial charge in [-0.05, 0) is 17.5 Å². The molecule has 2 heteroatoms. The molecular formula is C9H12NP. The zero-order chi connectivity index (χ0) is 7.68. The normalized spacial score (nSPS) is 22.8. The summed E-state index contributed by atoms with van der Waals surface area (Å²) in [5, 5.41) is 3.40. The van der Waals surface area contributed by atoms with Crippen LogP contribution in [-0.2, 0) is 6.42 Å². The van der Waals surface area contributed by atoms with Crippen molar-refractivity contribution >= 4 is 9.24 Å². The topological polar surface area (TPSA) is 12.0 Å². The number of rotatable bonds is 0. The first-order chi connectivity index (χ1) is 5.38. The molecule has 1 aliphatic heterocycles. The third-order valence-electron chi connectivity index (χ3n) is 2.15. The average molecular weight is 165 g/mol. The predicted molar refractivity (Wildman–Crippen MR) is 50.6 cm³/mol.